The standard InChI is InChI=1S/C59H66N2O/c1-38(2)49-30-43(41-24-19-16-20-25-41)31-50(39(3)4)55(49)54-33-44(51-35-47(58(8,9)10)36-52(56(51)62)59(11,12)13)32-53(60(54)14)45-28-46(57(5,6)7)34-48(29-45)61-27-21-26-42(37-61)40-22-17-15-18-23-40/h15-26,28-39H,1-14H3/p+1. The molecule has 0 bridgehead atoms. The monoisotopic (exact) mass is 820 g/mol. The zero-order valence-corrected chi connectivity index (χ0v) is 39.7. The van der Waals surface area contributed by atoms with Crippen molar-refractivity contribution < 1.29 is 14.2 Å². The minimum atomic E-state index is -0.272. The Bertz CT molecular complexity index is 2710. The highest BCUT2D eigenvalue weighted by atomic mass is 16.3. The van der Waals surface area contributed by atoms with E-state index in [4.69, 9.17) is 0 Å². The molecule has 0 amide bonds. The van der Waals surface area contributed by atoms with E-state index in [1.165, 1.54) is 44.5 Å². The first-order valence-electron chi connectivity index (χ1n) is 22.4. The van der Waals surface area contributed by atoms with Crippen LogP contribution < -0.4 is 9.13 Å². The summed E-state index contributed by atoms with van der Waals surface area (Å²) >= 11 is 0. The molecule has 0 atom stereocenters. The van der Waals surface area contributed by atoms with Crippen LogP contribution in [0, 0.1) is 6.20 Å². The van der Waals surface area contributed by atoms with E-state index in [2.05, 4.69) is 240 Å². The number of phenols is 1. The van der Waals surface area contributed by atoms with Crippen LogP contribution in [0.4, 0.5) is 0 Å². The van der Waals surface area contributed by atoms with Crippen molar-refractivity contribution in [2.75, 3.05) is 0 Å². The second-order valence-corrected chi connectivity index (χ2v) is 21.0. The van der Waals surface area contributed by atoms with Gasteiger partial charge in [0.05, 0.1) is 11.8 Å². The van der Waals surface area contributed by atoms with Gasteiger partial charge in [-0.25, -0.2) is 0 Å². The molecule has 5 aromatic carbocycles. The molecule has 0 radical (unpaired) electrons. The Morgan fingerprint density at radius 3 is 1.56 bits per heavy atom. The molecule has 1 N–H and O–H groups in total. The van der Waals surface area contributed by atoms with Crippen molar-refractivity contribution in [2.24, 2.45) is 7.05 Å². The fourth-order valence-corrected chi connectivity index (χ4v) is 8.59. The maximum absolute atomic E-state index is 12.5. The smallest absolute Gasteiger partial charge is 0.213 e. The molecule has 318 valence electrons. The lowest BCUT2D eigenvalue weighted by Crippen LogP contribution is -2.35. The lowest BCUT2D eigenvalue weighted by molar-refractivity contribution is -0.649. The molecule has 3 nitrogen and oxygen atoms in total. The largest absolute Gasteiger partial charge is 0.507 e. The topological polar surface area (TPSA) is 28.0 Å². The van der Waals surface area contributed by atoms with Gasteiger partial charge < -0.3 is 5.11 Å². The van der Waals surface area contributed by atoms with E-state index < -0.39 is 0 Å². The molecule has 0 unspecified atom stereocenters. The highest BCUT2D eigenvalue weighted by Gasteiger charge is 2.31. The van der Waals surface area contributed by atoms with Gasteiger partial charge >= 0.3 is 0 Å². The number of phenolic OH excluding ortho intramolecular Hbond substituents is 1. The zero-order chi connectivity index (χ0) is 44.9. The van der Waals surface area contributed by atoms with Gasteiger partial charge in [-0.3, -0.25) is 4.57 Å². The Balaban J connectivity index is 1.60. The molecule has 0 aliphatic heterocycles. The fourth-order valence-electron chi connectivity index (χ4n) is 8.59. The highest BCUT2D eigenvalue weighted by Crippen LogP contribution is 2.45. The minimum absolute atomic E-state index is 0.131. The van der Waals surface area contributed by atoms with Gasteiger partial charge in [-0.2, -0.15) is 4.57 Å². The van der Waals surface area contributed by atoms with E-state index in [0.29, 0.717) is 5.75 Å². The molecule has 0 aliphatic rings. The molecular formula is C59H67N2O+. The van der Waals surface area contributed by atoms with E-state index in [1.807, 2.05) is 6.07 Å². The van der Waals surface area contributed by atoms with Gasteiger partial charge in [0.2, 0.25) is 11.4 Å². The van der Waals surface area contributed by atoms with Gasteiger partial charge in [-0.05, 0) is 102 Å². The Morgan fingerprint density at radius 2 is 1.03 bits per heavy atom. The van der Waals surface area contributed by atoms with Crippen molar-refractivity contribution in [1.29, 1.82) is 0 Å². The van der Waals surface area contributed by atoms with Gasteiger partial charge in [0.25, 0.3) is 0 Å². The molecule has 62 heavy (non-hydrogen) atoms. The third-order valence-electron chi connectivity index (χ3n) is 12.4. The molecule has 7 rings (SSSR count). The molecule has 2 heterocycles. The summed E-state index contributed by atoms with van der Waals surface area (Å²) in [7, 11) is 2.22. The highest BCUT2D eigenvalue weighted by molar-refractivity contribution is 5.82. The van der Waals surface area contributed by atoms with Gasteiger partial charge in [0.15, 0.2) is 6.20 Å². The molecule has 3 heteroatoms. The number of rotatable bonds is 8. The van der Waals surface area contributed by atoms with E-state index in [-0.39, 0.29) is 28.1 Å². The van der Waals surface area contributed by atoms with Crippen molar-refractivity contribution in [3.05, 3.63) is 168 Å². The van der Waals surface area contributed by atoms with Crippen molar-refractivity contribution >= 4 is 0 Å². The summed E-state index contributed by atoms with van der Waals surface area (Å²) in [5.41, 5.74) is 17.7. The van der Waals surface area contributed by atoms with Gasteiger partial charge in [0.1, 0.15) is 18.5 Å². The number of nitrogens with zero attached hydrogens (tertiary/aromatic N) is 2. The molecule has 0 saturated heterocycles. The van der Waals surface area contributed by atoms with E-state index in [0.717, 1.165) is 44.9 Å². The van der Waals surface area contributed by atoms with Crippen molar-refractivity contribution in [2.45, 2.75) is 118 Å². The summed E-state index contributed by atoms with van der Waals surface area (Å²) in [6.07, 6.45) is 5.71. The molecular weight excluding hydrogens is 753 g/mol. The normalized spacial score (nSPS) is 12.4. The van der Waals surface area contributed by atoms with Gasteiger partial charge in [-0.15, -0.1) is 6.07 Å². The minimum Gasteiger partial charge on any atom is -0.507 e. The molecule has 0 spiro atoms. The lowest BCUT2D eigenvalue weighted by atomic mass is 9.78. The van der Waals surface area contributed by atoms with E-state index in [1.54, 1.807) is 0 Å². The summed E-state index contributed by atoms with van der Waals surface area (Å²) in [6.45, 7) is 29.5. The van der Waals surface area contributed by atoms with Crippen LogP contribution >= 0.6 is 0 Å². The van der Waals surface area contributed by atoms with Gasteiger partial charge in [0, 0.05) is 28.8 Å². The lowest BCUT2D eigenvalue weighted by Gasteiger charge is -2.28. The SMILES string of the molecule is CC(C)c1cc(-c2ccccc2)cc(C(C)C)c1-c1cc(-c2cc(C(C)(C)C)cc(C(C)(C)C)c2O)cc(-c2cc(-[n+]3[c-]ccc(-c4ccccc4)c3)cc(C(C)(C)C)c2)[n+]1C. The fraction of sp³-hybridized carbons (Fsp3) is 0.322. The molecule has 0 fully saturated rings. The summed E-state index contributed by atoms with van der Waals surface area (Å²) in [5.74, 6) is 0.849. The Morgan fingerprint density at radius 1 is 0.500 bits per heavy atom. The summed E-state index contributed by atoms with van der Waals surface area (Å²) in [4.78, 5) is 0. The molecule has 0 saturated carbocycles. The van der Waals surface area contributed by atoms with Crippen LogP contribution in [0.5, 0.6) is 5.75 Å². The van der Waals surface area contributed by atoms with Crippen LogP contribution in [-0.4, -0.2) is 5.11 Å². The second kappa shape index (κ2) is 16.8. The van der Waals surface area contributed by atoms with Crippen LogP contribution in [0.15, 0.2) is 134 Å². The maximum atomic E-state index is 12.5. The van der Waals surface area contributed by atoms with Crippen molar-refractivity contribution in [1.82, 2.24) is 0 Å². The van der Waals surface area contributed by atoms with E-state index in [9.17, 15) is 5.11 Å². The zero-order valence-electron chi connectivity index (χ0n) is 39.7. The second-order valence-electron chi connectivity index (χ2n) is 21.0. The predicted molar refractivity (Wildman–Crippen MR) is 261 cm³/mol. The Hall–Kier alpha value is -5.80. The van der Waals surface area contributed by atoms with Crippen LogP contribution in [0.2, 0.25) is 0 Å². The predicted octanol–water partition coefficient (Wildman–Crippen LogP) is 14.8. The number of hydrogen-bond donors (Lipinski definition) is 1. The van der Waals surface area contributed by atoms with Crippen molar-refractivity contribution in [3.8, 4) is 67.3 Å². The Labute approximate surface area is 372 Å². The maximum Gasteiger partial charge on any atom is 0.213 e. The number of hydrogen-bond acceptors (Lipinski definition) is 1. The van der Waals surface area contributed by atoms with Crippen LogP contribution in [0.1, 0.15) is 130 Å². The van der Waals surface area contributed by atoms with E-state index >= 15 is 0 Å². The van der Waals surface area contributed by atoms with Gasteiger partial charge in [-0.1, -0.05) is 175 Å². The third-order valence-corrected chi connectivity index (χ3v) is 12.4. The first kappa shape index (κ1) is 44.3. The van der Waals surface area contributed by atoms with Crippen LogP contribution in [-0.2, 0) is 23.3 Å². The summed E-state index contributed by atoms with van der Waals surface area (Å²) in [5, 5.41) is 12.5. The van der Waals surface area contributed by atoms with Crippen LogP contribution in [0.3, 0.4) is 0 Å². The third kappa shape index (κ3) is 9.05. The number of aromatic nitrogens is 2. The number of pyridine rings is 2. The molecule has 0 aliphatic carbocycles. The first-order valence-corrected chi connectivity index (χ1v) is 22.4. The number of benzene rings is 5. The summed E-state index contributed by atoms with van der Waals surface area (Å²) < 4.78 is 4.53. The quantitative estimate of drug-likeness (QED) is 0.120. The average Bonchev–Trinajstić information content (AvgIpc) is 3.22. The Kier molecular flexibility index (Phi) is 12.0. The molecule has 7 aromatic rings. The van der Waals surface area contributed by atoms with Crippen LogP contribution in [0.25, 0.3) is 61.6 Å². The number of aromatic hydroxyl groups is 1. The summed E-state index contributed by atoms with van der Waals surface area (Å²) in [6, 6.07) is 46.3. The first-order chi connectivity index (χ1) is 29.1. The molecule has 2 aromatic heterocycles. The average molecular weight is 820 g/mol. The van der Waals surface area contributed by atoms with Crippen molar-refractivity contribution in [3.63, 3.8) is 0 Å².